The van der Waals surface area contributed by atoms with Gasteiger partial charge in [0.15, 0.2) is 11.6 Å². The number of Topliss-reactive ketones (excluding diaryl/α,β-unsaturated/α-hetero) is 2. The molecule has 0 aliphatic rings. The molecule has 0 radical (unpaired) electrons. The van der Waals surface area contributed by atoms with Crippen molar-refractivity contribution in [2.75, 3.05) is 5.73 Å². The fraction of sp³-hybridized carbons (Fsp3) is 0.333. The lowest BCUT2D eigenvalue weighted by molar-refractivity contribution is 0.0981. The molecule has 0 spiro atoms. The van der Waals surface area contributed by atoms with Crippen molar-refractivity contribution in [3.05, 3.63) is 45.8 Å². The maximum absolute atomic E-state index is 12.0. The van der Waals surface area contributed by atoms with E-state index in [1.807, 2.05) is 44.4 Å². The van der Waals surface area contributed by atoms with Crippen molar-refractivity contribution >= 4 is 17.3 Å². The smallest absolute Gasteiger partial charge is 0.162 e. The van der Waals surface area contributed by atoms with Crippen molar-refractivity contribution in [1.82, 2.24) is 4.57 Å². The van der Waals surface area contributed by atoms with Crippen LogP contribution < -0.4 is 5.73 Å². The van der Waals surface area contributed by atoms with Crippen LogP contribution in [0.15, 0.2) is 12.1 Å². The van der Waals surface area contributed by atoms with Crippen LogP contribution in [0, 0.1) is 27.7 Å². The number of ketones is 2. The van der Waals surface area contributed by atoms with Crippen molar-refractivity contribution < 1.29 is 9.59 Å². The quantitative estimate of drug-likeness (QED) is 0.694. The average molecular weight is 298 g/mol. The average Bonchev–Trinajstić information content (AvgIpc) is 2.66. The standard InChI is InChI=1S/C18H22N2O2/c1-9-7-15(19)16(8-10(9)2)20-11(3)17(13(5)21)18(12(20)4)14(6)22/h7-8H,19H2,1-6H3. The molecule has 0 unspecified atom stereocenters. The van der Waals surface area contributed by atoms with Crippen LogP contribution in [0.2, 0.25) is 0 Å². The van der Waals surface area contributed by atoms with Crippen molar-refractivity contribution in [1.29, 1.82) is 0 Å². The van der Waals surface area contributed by atoms with E-state index in [-0.39, 0.29) is 11.6 Å². The highest BCUT2D eigenvalue weighted by Crippen LogP contribution is 2.31. The van der Waals surface area contributed by atoms with E-state index in [0.717, 1.165) is 28.2 Å². The lowest BCUT2D eigenvalue weighted by atomic mass is 10.0. The van der Waals surface area contributed by atoms with E-state index in [2.05, 4.69) is 0 Å². The van der Waals surface area contributed by atoms with Crippen LogP contribution >= 0.6 is 0 Å². The van der Waals surface area contributed by atoms with Gasteiger partial charge in [-0.05, 0) is 64.8 Å². The number of carbonyl (C=O) groups excluding carboxylic acids is 2. The molecule has 2 aromatic rings. The number of nitrogens with two attached hydrogens (primary N) is 1. The molecule has 22 heavy (non-hydrogen) atoms. The lowest BCUT2D eigenvalue weighted by Gasteiger charge is -2.15. The van der Waals surface area contributed by atoms with Gasteiger partial charge in [0, 0.05) is 22.5 Å². The van der Waals surface area contributed by atoms with E-state index in [9.17, 15) is 9.59 Å². The van der Waals surface area contributed by atoms with Gasteiger partial charge in [-0.15, -0.1) is 0 Å². The summed E-state index contributed by atoms with van der Waals surface area (Å²) in [7, 11) is 0. The van der Waals surface area contributed by atoms with Gasteiger partial charge in [0.25, 0.3) is 0 Å². The summed E-state index contributed by atoms with van der Waals surface area (Å²) in [6, 6.07) is 3.92. The van der Waals surface area contributed by atoms with Gasteiger partial charge in [-0.2, -0.15) is 0 Å². The van der Waals surface area contributed by atoms with E-state index in [0.29, 0.717) is 16.8 Å². The Labute approximate surface area is 130 Å². The summed E-state index contributed by atoms with van der Waals surface area (Å²) in [5, 5.41) is 0. The van der Waals surface area contributed by atoms with Crippen LogP contribution in [0.25, 0.3) is 5.69 Å². The third-order valence-corrected chi connectivity index (χ3v) is 4.23. The van der Waals surface area contributed by atoms with Gasteiger partial charge in [0.05, 0.1) is 11.4 Å². The third kappa shape index (κ3) is 2.34. The monoisotopic (exact) mass is 298 g/mol. The summed E-state index contributed by atoms with van der Waals surface area (Å²) in [5.41, 5.74) is 12.3. The molecule has 0 saturated carbocycles. The first-order valence-corrected chi connectivity index (χ1v) is 7.27. The van der Waals surface area contributed by atoms with Crippen LogP contribution in [-0.4, -0.2) is 16.1 Å². The number of hydrogen-bond donors (Lipinski definition) is 1. The minimum absolute atomic E-state index is 0.105. The molecule has 1 aromatic heterocycles. The zero-order valence-electron chi connectivity index (χ0n) is 14.0. The highest BCUT2D eigenvalue weighted by Gasteiger charge is 2.24. The first-order chi connectivity index (χ1) is 10.2. The number of nitrogen functional groups attached to an aromatic ring is 1. The van der Waals surface area contributed by atoms with Crippen LogP contribution in [0.4, 0.5) is 5.69 Å². The Morgan fingerprint density at radius 1 is 0.864 bits per heavy atom. The molecule has 0 atom stereocenters. The fourth-order valence-electron chi connectivity index (χ4n) is 3.08. The van der Waals surface area contributed by atoms with Gasteiger partial charge in [-0.3, -0.25) is 9.59 Å². The van der Waals surface area contributed by atoms with Crippen LogP contribution in [0.1, 0.15) is 57.1 Å². The minimum Gasteiger partial charge on any atom is -0.397 e. The normalized spacial score (nSPS) is 10.8. The zero-order chi connectivity index (χ0) is 16.8. The first-order valence-electron chi connectivity index (χ1n) is 7.27. The molecular weight excluding hydrogens is 276 g/mol. The molecule has 0 aliphatic carbocycles. The molecule has 0 amide bonds. The summed E-state index contributed by atoms with van der Waals surface area (Å²) in [6.45, 7) is 10.7. The van der Waals surface area contributed by atoms with Crippen molar-refractivity contribution in [2.24, 2.45) is 0 Å². The number of aryl methyl sites for hydroxylation is 2. The second-order valence-electron chi connectivity index (χ2n) is 5.86. The molecule has 4 heteroatoms. The van der Waals surface area contributed by atoms with Gasteiger partial charge < -0.3 is 10.3 Å². The van der Waals surface area contributed by atoms with E-state index < -0.39 is 0 Å². The maximum atomic E-state index is 12.0. The van der Waals surface area contributed by atoms with Gasteiger partial charge in [0.2, 0.25) is 0 Å². The molecule has 0 saturated heterocycles. The third-order valence-electron chi connectivity index (χ3n) is 4.23. The Morgan fingerprint density at radius 2 is 1.27 bits per heavy atom. The Balaban J connectivity index is 2.89. The Bertz CT molecular complexity index is 761. The van der Waals surface area contributed by atoms with Gasteiger partial charge in [0.1, 0.15) is 0 Å². The van der Waals surface area contributed by atoms with Gasteiger partial charge >= 0.3 is 0 Å². The molecule has 4 nitrogen and oxygen atoms in total. The predicted octanol–water partition coefficient (Wildman–Crippen LogP) is 3.70. The van der Waals surface area contributed by atoms with Crippen molar-refractivity contribution in [3.63, 3.8) is 0 Å². The topological polar surface area (TPSA) is 65.1 Å². The minimum atomic E-state index is -0.105. The fourth-order valence-corrected chi connectivity index (χ4v) is 3.08. The number of rotatable bonds is 3. The van der Waals surface area contributed by atoms with E-state index in [1.54, 1.807) is 0 Å². The Hall–Kier alpha value is -2.36. The molecule has 2 rings (SSSR count). The molecule has 1 aromatic carbocycles. The number of anilines is 1. The van der Waals surface area contributed by atoms with Crippen LogP contribution in [0.5, 0.6) is 0 Å². The molecule has 0 bridgehead atoms. The predicted molar refractivity (Wildman–Crippen MR) is 89.1 cm³/mol. The summed E-state index contributed by atoms with van der Waals surface area (Å²) in [5.74, 6) is -0.209. The molecular formula is C18H22N2O2. The second kappa shape index (κ2) is 5.44. The van der Waals surface area contributed by atoms with E-state index in [1.165, 1.54) is 13.8 Å². The number of benzene rings is 1. The largest absolute Gasteiger partial charge is 0.397 e. The lowest BCUT2D eigenvalue weighted by Crippen LogP contribution is -2.06. The van der Waals surface area contributed by atoms with Gasteiger partial charge in [-0.1, -0.05) is 0 Å². The molecule has 1 heterocycles. The number of aromatic nitrogens is 1. The van der Waals surface area contributed by atoms with Crippen molar-refractivity contribution in [2.45, 2.75) is 41.5 Å². The van der Waals surface area contributed by atoms with E-state index in [4.69, 9.17) is 5.73 Å². The van der Waals surface area contributed by atoms with E-state index >= 15 is 0 Å². The highest BCUT2D eigenvalue weighted by molar-refractivity contribution is 6.09. The highest BCUT2D eigenvalue weighted by atomic mass is 16.1. The maximum Gasteiger partial charge on any atom is 0.162 e. The molecule has 0 fully saturated rings. The zero-order valence-corrected chi connectivity index (χ0v) is 14.0. The second-order valence-corrected chi connectivity index (χ2v) is 5.86. The number of carbonyl (C=O) groups is 2. The Kier molecular flexibility index (Phi) is 3.96. The van der Waals surface area contributed by atoms with Crippen LogP contribution in [-0.2, 0) is 0 Å². The molecule has 116 valence electrons. The number of nitrogens with zero attached hydrogens (tertiary/aromatic N) is 1. The summed E-state index contributed by atoms with van der Waals surface area (Å²) < 4.78 is 1.91. The van der Waals surface area contributed by atoms with Crippen LogP contribution in [0.3, 0.4) is 0 Å². The first kappa shape index (κ1) is 16.0. The number of hydrogen-bond acceptors (Lipinski definition) is 3. The molecule has 2 N–H and O–H groups in total. The summed E-state index contributed by atoms with van der Waals surface area (Å²) >= 11 is 0. The molecule has 0 aliphatic heterocycles. The summed E-state index contributed by atoms with van der Waals surface area (Å²) in [6.07, 6.45) is 0. The van der Waals surface area contributed by atoms with Gasteiger partial charge in [-0.25, -0.2) is 0 Å². The van der Waals surface area contributed by atoms with Crippen molar-refractivity contribution in [3.8, 4) is 5.69 Å². The SMILES string of the molecule is CC(=O)c1c(C(C)=O)c(C)n(-c2cc(C)c(C)cc2N)c1C. The Morgan fingerprint density at radius 3 is 1.68 bits per heavy atom. The summed E-state index contributed by atoms with van der Waals surface area (Å²) in [4.78, 5) is 24.0.